The number of nitrogens with two attached hydrogens (primary N) is 1. The number of halogens is 1. The molecule has 0 saturated carbocycles. The molecule has 0 atom stereocenters. The van der Waals surface area contributed by atoms with Crippen LogP contribution in [-0.2, 0) is 0 Å². The van der Waals surface area contributed by atoms with E-state index in [2.05, 4.69) is 31.3 Å². The zero-order valence-electron chi connectivity index (χ0n) is 9.75. The molecule has 0 aliphatic heterocycles. The maximum absolute atomic E-state index is 5.92. The lowest BCUT2D eigenvalue weighted by molar-refractivity contribution is 0.436. The van der Waals surface area contributed by atoms with Gasteiger partial charge in [-0.15, -0.1) is 0 Å². The fraction of sp³-hybridized carbons (Fsp3) is 0. The number of hydrogen-bond acceptors (Lipinski definition) is 5. The minimum atomic E-state index is 0.346. The number of rotatable bonds is 2. The van der Waals surface area contributed by atoms with Crippen LogP contribution in [0.3, 0.4) is 0 Å². The van der Waals surface area contributed by atoms with E-state index in [0.29, 0.717) is 11.6 Å². The fourth-order valence-corrected chi connectivity index (χ4v) is 2.33. The molecule has 6 heteroatoms. The van der Waals surface area contributed by atoms with Crippen LogP contribution in [0, 0.1) is 0 Å². The third-order valence-corrected chi connectivity index (χ3v) is 3.40. The molecule has 0 saturated heterocycles. The quantitative estimate of drug-likeness (QED) is 0.785. The Hall–Kier alpha value is -2.21. The average Bonchev–Trinajstić information content (AvgIpc) is 2.82. The first-order chi connectivity index (χ1) is 9.27. The number of benzene rings is 1. The zero-order chi connectivity index (χ0) is 13.2. The van der Waals surface area contributed by atoms with Crippen LogP contribution in [0.5, 0.6) is 0 Å². The van der Waals surface area contributed by atoms with Gasteiger partial charge in [0.2, 0.25) is 0 Å². The third kappa shape index (κ3) is 2.10. The van der Waals surface area contributed by atoms with E-state index >= 15 is 0 Å². The van der Waals surface area contributed by atoms with E-state index in [-0.39, 0.29) is 0 Å². The molecule has 3 aromatic rings. The van der Waals surface area contributed by atoms with Gasteiger partial charge in [-0.05, 0) is 12.1 Å². The Morgan fingerprint density at radius 2 is 1.95 bits per heavy atom. The standard InChI is InChI=1S/C13H9BrN4O/c14-10-4-2-1-3-9(10)11-12(19-18-13(11)15)8-5-6-16-17-7-8/h1-7H,(H2,15,18). The number of hydrogen-bond donors (Lipinski definition) is 1. The highest BCUT2D eigenvalue weighted by molar-refractivity contribution is 9.10. The van der Waals surface area contributed by atoms with Crippen molar-refractivity contribution < 1.29 is 4.52 Å². The lowest BCUT2D eigenvalue weighted by Crippen LogP contribution is -1.90. The summed E-state index contributed by atoms with van der Waals surface area (Å²) in [5, 5.41) is 11.4. The minimum Gasteiger partial charge on any atom is -0.380 e. The summed E-state index contributed by atoms with van der Waals surface area (Å²) < 4.78 is 6.25. The van der Waals surface area contributed by atoms with Gasteiger partial charge < -0.3 is 10.3 Å². The molecule has 2 heterocycles. The van der Waals surface area contributed by atoms with Crippen molar-refractivity contribution in [3.63, 3.8) is 0 Å². The Labute approximate surface area is 117 Å². The average molecular weight is 317 g/mol. The molecule has 0 aliphatic rings. The molecule has 5 nitrogen and oxygen atoms in total. The predicted molar refractivity (Wildman–Crippen MR) is 75.1 cm³/mol. The Bertz CT molecular complexity index is 712. The Morgan fingerprint density at radius 3 is 2.68 bits per heavy atom. The minimum absolute atomic E-state index is 0.346. The van der Waals surface area contributed by atoms with E-state index in [4.69, 9.17) is 10.3 Å². The van der Waals surface area contributed by atoms with Crippen molar-refractivity contribution in [2.75, 3.05) is 5.73 Å². The summed E-state index contributed by atoms with van der Waals surface area (Å²) in [7, 11) is 0. The first-order valence-electron chi connectivity index (χ1n) is 5.54. The SMILES string of the molecule is Nc1noc(-c2ccnnc2)c1-c1ccccc1Br. The van der Waals surface area contributed by atoms with Gasteiger partial charge in [0.25, 0.3) is 0 Å². The molecule has 0 aliphatic carbocycles. The molecule has 2 aromatic heterocycles. The lowest BCUT2D eigenvalue weighted by atomic mass is 10.0. The fourth-order valence-electron chi connectivity index (χ4n) is 1.85. The summed E-state index contributed by atoms with van der Waals surface area (Å²) in [6.45, 7) is 0. The topological polar surface area (TPSA) is 77.8 Å². The maximum atomic E-state index is 5.92. The van der Waals surface area contributed by atoms with Gasteiger partial charge in [-0.3, -0.25) is 0 Å². The van der Waals surface area contributed by atoms with E-state index in [9.17, 15) is 0 Å². The first kappa shape index (κ1) is 11.9. The van der Waals surface area contributed by atoms with Crippen molar-refractivity contribution in [3.05, 3.63) is 47.2 Å². The van der Waals surface area contributed by atoms with Crippen molar-refractivity contribution in [2.45, 2.75) is 0 Å². The molecule has 3 rings (SSSR count). The summed E-state index contributed by atoms with van der Waals surface area (Å²) in [6.07, 6.45) is 3.21. The molecule has 19 heavy (non-hydrogen) atoms. The smallest absolute Gasteiger partial charge is 0.178 e. The highest BCUT2D eigenvalue weighted by Gasteiger charge is 2.19. The largest absolute Gasteiger partial charge is 0.380 e. The molecular formula is C13H9BrN4O. The van der Waals surface area contributed by atoms with Crippen LogP contribution in [0.25, 0.3) is 22.5 Å². The van der Waals surface area contributed by atoms with E-state index in [1.165, 1.54) is 0 Å². The highest BCUT2D eigenvalue weighted by atomic mass is 79.9. The van der Waals surface area contributed by atoms with Crippen molar-refractivity contribution in [3.8, 4) is 22.5 Å². The third-order valence-electron chi connectivity index (χ3n) is 2.71. The van der Waals surface area contributed by atoms with Gasteiger partial charge in [-0.2, -0.15) is 10.2 Å². The van der Waals surface area contributed by atoms with E-state index < -0.39 is 0 Å². The number of anilines is 1. The second-order valence-electron chi connectivity index (χ2n) is 3.88. The van der Waals surface area contributed by atoms with Crippen LogP contribution < -0.4 is 5.73 Å². The molecule has 0 bridgehead atoms. The molecule has 1 aromatic carbocycles. The predicted octanol–water partition coefficient (Wildman–Crippen LogP) is 3.14. The summed E-state index contributed by atoms with van der Waals surface area (Å²) in [5.74, 6) is 0.929. The molecular weight excluding hydrogens is 308 g/mol. The van der Waals surface area contributed by atoms with Gasteiger partial charge >= 0.3 is 0 Å². The molecule has 0 radical (unpaired) electrons. The summed E-state index contributed by atoms with van der Waals surface area (Å²) in [6, 6.07) is 9.56. The summed E-state index contributed by atoms with van der Waals surface area (Å²) in [5.41, 5.74) is 8.37. The van der Waals surface area contributed by atoms with Gasteiger partial charge in [-0.25, -0.2) is 0 Å². The number of nitrogen functional groups attached to an aromatic ring is 1. The second kappa shape index (κ2) is 4.81. The Kier molecular flexibility index (Phi) is 3.00. The second-order valence-corrected chi connectivity index (χ2v) is 4.74. The van der Waals surface area contributed by atoms with Gasteiger partial charge in [0.05, 0.1) is 18.0 Å². The van der Waals surface area contributed by atoms with Crippen LogP contribution in [0.4, 0.5) is 5.82 Å². The normalized spacial score (nSPS) is 10.6. The molecule has 0 spiro atoms. The molecule has 94 valence electrons. The molecule has 0 fully saturated rings. The van der Waals surface area contributed by atoms with Gasteiger partial charge in [0.1, 0.15) is 0 Å². The Balaban J connectivity index is 2.23. The van der Waals surface area contributed by atoms with E-state index in [1.54, 1.807) is 18.5 Å². The summed E-state index contributed by atoms with van der Waals surface area (Å²) >= 11 is 3.51. The maximum Gasteiger partial charge on any atom is 0.178 e. The van der Waals surface area contributed by atoms with Crippen molar-refractivity contribution >= 4 is 21.7 Å². The van der Waals surface area contributed by atoms with Crippen LogP contribution in [0.2, 0.25) is 0 Å². The Morgan fingerprint density at radius 1 is 1.11 bits per heavy atom. The monoisotopic (exact) mass is 316 g/mol. The van der Waals surface area contributed by atoms with E-state index in [1.807, 2.05) is 24.3 Å². The van der Waals surface area contributed by atoms with Crippen molar-refractivity contribution in [1.29, 1.82) is 0 Å². The summed E-state index contributed by atoms with van der Waals surface area (Å²) in [4.78, 5) is 0. The number of aromatic nitrogens is 3. The lowest BCUT2D eigenvalue weighted by Gasteiger charge is -2.04. The zero-order valence-corrected chi connectivity index (χ0v) is 11.3. The highest BCUT2D eigenvalue weighted by Crippen LogP contribution is 2.39. The van der Waals surface area contributed by atoms with Crippen molar-refractivity contribution in [2.24, 2.45) is 0 Å². The van der Waals surface area contributed by atoms with E-state index in [0.717, 1.165) is 21.2 Å². The van der Waals surface area contributed by atoms with Crippen LogP contribution in [0.15, 0.2) is 51.7 Å². The molecule has 0 amide bonds. The van der Waals surface area contributed by atoms with Gasteiger partial charge in [0.15, 0.2) is 11.6 Å². The van der Waals surface area contributed by atoms with Crippen LogP contribution >= 0.6 is 15.9 Å². The van der Waals surface area contributed by atoms with Crippen LogP contribution in [-0.4, -0.2) is 15.4 Å². The molecule has 0 unspecified atom stereocenters. The number of nitrogens with zero attached hydrogens (tertiary/aromatic N) is 3. The first-order valence-corrected chi connectivity index (χ1v) is 6.34. The molecule has 2 N–H and O–H groups in total. The van der Waals surface area contributed by atoms with Gasteiger partial charge in [0, 0.05) is 15.6 Å². The van der Waals surface area contributed by atoms with Crippen LogP contribution in [0.1, 0.15) is 0 Å². The van der Waals surface area contributed by atoms with Gasteiger partial charge in [-0.1, -0.05) is 39.3 Å². The van der Waals surface area contributed by atoms with Crippen molar-refractivity contribution in [1.82, 2.24) is 15.4 Å².